The largest absolute Gasteiger partial charge is 0.497 e. The number of nitrogens with one attached hydrogen (secondary N) is 2. The van der Waals surface area contributed by atoms with E-state index in [1.807, 2.05) is 12.1 Å². The Labute approximate surface area is 110 Å². The van der Waals surface area contributed by atoms with E-state index >= 15 is 0 Å². The molecule has 4 heteroatoms. The summed E-state index contributed by atoms with van der Waals surface area (Å²) in [5, 5.41) is 4.59. The Balaban J connectivity index is 2.34. The molecule has 0 radical (unpaired) electrons. The molecule has 0 atom stereocenters. The van der Waals surface area contributed by atoms with Gasteiger partial charge >= 0.3 is 0 Å². The van der Waals surface area contributed by atoms with E-state index in [0.29, 0.717) is 6.04 Å². The van der Waals surface area contributed by atoms with E-state index in [1.54, 1.807) is 7.11 Å². The molecule has 0 aliphatic rings. The lowest BCUT2D eigenvalue weighted by Crippen LogP contribution is -2.22. The molecule has 1 aromatic heterocycles. The molecular weight excluding hydrogens is 280 g/mol. The predicted octanol–water partition coefficient (Wildman–Crippen LogP) is 3.44. The molecular formula is C13H17BrN2O. The van der Waals surface area contributed by atoms with Gasteiger partial charge in [-0.25, -0.2) is 0 Å². The lowest BCUT2D eigenvalue weighted by Gasteiger charge is -2.06. The molecule has 0 unspecified atom stereocenters. The second-order valence-electron chi connectivity index (χ2n) is 4.36. The number of fused-ring (bicyclic) bond motifs is 1. The molecule has 0 amide bonds. The molecule has 2 rings (SSSR count). The average Bonchev–Trinajstić information content (AvgIpc) is 2.63. The molecule has 2 aromatic rings. The maximum atomic E-state index is 5.22. The number of methoxy groups -OCH3 is 1. The van der Waals surface area contributed by atoms with E-state index in [1.165, 1.54) is 11.1 Å². The zero-order valence-electron chi connectivity index (χ0n) is 10.3. The third kappa shape index (κ3) is 2.64. The SMILES string of the molecule is COc1ccc2c(Br)c(CNC(C)C)[nH]c2c1. The quantitative estimate of drug-likeness (QED) is 0.907. The number of benzene rings is 1. The minimum atomic E-state index is 0.475. The summed E-state index contributed by atoms with van der Waals surface area (Å²) < 4.78 is 6.35. The fourth-order valence-electron chi connectivity index (χ4n) is 1.75. The molecule has 0 saturated carbocycles. The summed E-state index contributed by atoms with van der Waals surface area (Å²) in [6.45, 7) is 5.11. The first kappa shape index (κ1) is 12.5. The molecule has 0 bridgehead atoms. The van der Waals surface area contributed by atoms with Crippen molar-refractivity contribution in [1.29, 1.82) is 0 Å². The van der Waals surface area contributed by atoms with Crippen LogP contribution in [0.5, 0.6) is 5.75 Å². The smallest absolute Gasteiger partial charge is 0.120 e. The molecule has 0 fully saturated rings. The average molecular weight is 297 g/mol. The van der Waals surface area contributed by atoms with Gasteiger partial charge in [0.2, 0.25) is 0 Å². The highest BCUT2D eigenvalue weighted by Gasteiger charge is 2.09. The minimum absolute atomic E-state index is 0.475. The van der Waals surface area contributed by atoms with Crippen molar-refractivity contribution in [1.82, 2.24) is 10.3 Å². The molecule has 17 heavy (non-hydrogen) atoms. The van der Waals surface area contributed by atoms with Crippen LogP contribution >= 0.6 is 15.9 Å². The second kappa shape index (κ2) is 5.10. The summed E-state index contributed by atoms with van der Waals surface area (Å²) >= 11 is 3.64. The minimum Gasteiger partial charge on any atom is -0.497 e. The van der Waals surface area contributed by atoms with Crippen LogP contribution in [0.1, 0.15) is 19.5 Å². The van der Waals surface area contributed by atoms with Crippen molar-refractivity contribution in [2.75, 3.05) is 7.11 Å². The zero-order chi connectivity index (χ0) is 12.4. The lowest BCUT2D eigenvalue weighted by atomic mass is 10.2. The Morgan fingerprint density at radius 2 is 2.18 bits per heavy atom. The van der Waals surface area contributed by atoms with Crippen LogP contribution in [-0.2, 0) is 6.54 Å². The van der Waals surface area contributed by atoms with Crippen LogP contribution in [0, 0.1) is 0 Å². The standard InChI is InChI=1S/C13H17BrN2O/c1-8(2)15-7-12-13(14)10-5-4-9(17-3)6-11(10)16-12/h4-6,8,15-16H,7H2,1-3H3. The van der Waals surface area contributed by atoms with Crippen molar-refractivity contribution in [3.63, 3.8) is 0 Å². The topological polar surface area (TPSA) is 37.0 Å². The van der Waals surface area contributed by atoms with Crippen LogP contribution in [0.4, 0.5) is 0 Å². The first-order chi connectivity index (χ1) is 8.11. The Morgan fingerprint density at radius 3 is 2.82 bits per heavy atom. The third-order valence-electron chi connectivity index (χ3n) is 2.70. The number of aromatic amines is 1. The van der Waals surface area contributed by atoms with Crippen LogP contribution in [0.3, 0.4) is 0 Å². The van der Waals surface area contributed by atoms with Gasteiger partial charge < -0.3 is 15.0 Å². The third-order valence-corrected chi connectivity index (χ3v) is 3.61. The van der Waals surface area contributed by atoms with Gasteiger partial charge in [0.15, 0.2) is 0 Å². The van der Waals surface area contributed by atoms with E-state index in [4.69, 9.17) is 4.74 Å². The fraction of sp³-hybridized carbons (Fsp3) is 0.385. The highest BCUT2D eigenvalue weighted by Crippen LogP contribution is 2.30. The second-order valence-corrected chi connectivity index (χ2v) is 5.16. The van der Waals surface area contributed by atoms with E-state index in [2.05, 4.69) is 46.1 Å². The summed E-state index contributed by atoms with van der Waals surface area (Å²) in [6, 6.07) is 6.52. The highest BCUT2D eigenvalue weighted by atomic mass is 79.9. The van der Waals surface area contributed by atoms with Gasteiger partial charge in [-0.05, 0) is 28.1 Å². The molecule has 1 heterocycles. The van der Waals surface area contributed by atoms with Crippen LogP contribution in [0.2, 0.25) is 0 Å². The first-order valence-electron chi connectivity index (χ1n) is 5.69. The normalized spacial score (nSPS) is 11.4. The number of hydrogen-bond acceptors (Lipinski definition) is 2. The Kier molecular flexibility index (Phi) is 3.74. The van der Waals surface area contributed by atoms with Gasteiger partial charge in [0.1, 0.15) is 5.75 Å². The maximum absolute atomic E-state index is 5.22. The Morgan fingerprint density at radius 1 is 1.41 bits per heavy atom. The van der Waals surface area contributed by atoms with Crippen molar-refractivity contribution in [3.05, 3.63) is 28.4 Å². The van der Waals surface area contributed by atoms with Gasteiger partial charge in [0.25, 0.3) is 0 Å². The number of H-pyrrole nitrogens is 1. The van der Waals surface area contributed by atoms with E-state index < -0.39 is 0 Å². The van der Waals surface area contributed by atoms with Crippen LogP contribution in [-0.4, -0.2) is 18.1 Å². The summed E-state index contributed by atoms with van der Waals surface area (Å²) in [7, 11) is 1.68. The molecule has 0 spiro atoms. The number of halogens is 1. The van der Waals surface area contributed by atoms with Gasteiger partial charge in [-0.1, -0.05) is 13.8 Å². The van der Waals surface area contributed by atoms with E-state index in [0.717, 1.165) is 22.3 Å². The van der Waals surface area contributed by atoms with Crippen molar-refractivity contribution >= 4 is 26.8 Å². The Bertz CT molecular complexity index is 519. The molecule has 1 aromatic carbocycles. The maximum Gasteiger partial charge on any atom is 0.120 e. The summed E-state index contributed by atoms with van der Waals surface area (Å²) in [5.41, 5.74) is 2.26. The van der Waals surface area contributed by atoms with Crippen molar-refractivity contribution in [3.8, 4) is 5.75 Å². The van der Waals surface area contributed by atoms with Gasteiger partial charge in [-0.2, -0.15) is 0 Å². The van der Waals surface area contributed by atoms with Gasteiger partial charge in [-0.3, -0.25) is 0 Å². The number of aromatic nitrogens is 1. The van der Waals surface area contributed by atoms with Gasteiger partial charge in [0, 0.05) is 34.2 Å². The lowest BCUT2D eigenvalue weighted by molar-refractivity contribution is 0.415. The van der Waals surface area contributed by atoms with Crippen molar-refractivity contribution in [2.45, 2.75) is 26.4 Å². The molecule has 92 valence electrons. The van der Waals surface area contributed by atoms with Crippen LogP contribution in [0.25, 0.3) is 10.9 Å². The van der Waals surface area contributed by atoms with E-state index in [-0.39, 0.29) is 0 Å². The van der Waals surface area contributed by atoms with Crippen molar-refractivity contribution < 1.29 is 4.74 Å². The van der Waals surface area contributed by atoms with E-state index in [9.17, 15) is 0 Å². The number of ether oxygens (including phenoxy) is 1. The summed E-state index contributed by atoms with van der Waals surface area (Å²) in [5.74, 6) is 0.870. The van der Waals surface area contributed by atoms with Gasteiger partial charge in [0.05, 0.1) is 12.6 Å². The Hall–Kier alpha value is -1.00. The van der Waals surface area contributed by atoms with Crippen molar-refractivity contribution in [2.24, 2.45) is 0 Å². The highest BCUT2D eigenvalue weighted by molar-refractivity contribution is 9.10. The van der Waals surface area contributed by atoms with Gasteiger partial charge in [-0.15, -0.1) is 0 Å². The molecule has 0 aliphatic heterocycles. The zero-order valence-corrected chi connectivity index (χ0v) is 11.9. The number of rotatable bonds is 4. The molecule has 0 aliphatic carbocycles. The van der Waals surface area contributed by atoms with Crippen LogP contribution < -0.4 is 10.1 Å². The monoisotopic (exact) mass is 296 g/mol. The number of hydrogen-bond donors (Lipinski definition) is 2. The summed E-state index contributed by atoms with van der Waals surface area (Å²) in [4.78, 5) is 3.40. The predicted molar refractivity (Wildman–Crippen MR) is 74.5 cm³/mol. The summed E-state index contributed by atoms with van der Waals surface area (Å²) in [6.07, 6.45) is 0. The molecule has 3 nitrogen and oxygen atoms in total. The molecule has 2 N–H and O–H groups in total. The fourth-order valence-corrected chi connectivity index (χ4v) is 2.34. The van der Waals surface area contributed by atoms with Crippen LogP contribution in [0.15, 0.2) is 22.7 Å². The first-order valence-corrected chi connectivity index (χ1v) is 6.48. The molecule has 0 saturated heterocycles.